The largest absolute Gasteiger partial charge is 0.423 e. The Kier molecular flexibility index (Phi) is 3.35. The van der Waals surface area contributed by atoms with Gasteiger partial charge in [0.25, 0.3) is 0 Å². The molecular formula is C13H10N4O4S. The number of hydrogen-bond donors (Lipinski definition) is 2. The first-order valence-corrected chi connectivity index (χ1v) is 7.62. The van der Waals surface area contributed by atoms with Gasteiger partial charge in [0.15, 0.2) is 0 Å². The molecule has 3 N–H and O–H groups in total. The molecule has 0 bridgehead atoms. The van der Waals surface area contributed by atoms with Gasteiger partial charge in [-0.3, -0.25) is 10.1 Å². The lowest BCUT2D eigenvalue weighted by atomic mass is 10.2. The minimum Gasteiger partial charge on any atom is -0.423 e. The van der Waals surface area contributed by atoms with Gasteiger partial charge in [-0.05, 0) is 12.1 Å². The first-order valence-electron chi connectivity index (χ1n) is 6.07. The summed E-state index contributed by atoms with van der Waals surface area (Å²) in [5, 5.41) is 12.1. The van der Waals surface area contributed by atoms with E-state index in [2.05, 4.69) is 15.2 Å². The lowest BCUT2D eigenvalue weighted by Gasteiger charge is -2.06. The molecule has 8 nitrogen and oxygen atoms in total. The lowest BCUT2D eigenvalue weighted by Crippen LogP contribution is -2.13. The van der Waals surface area contributed by atoms with Crippen molar-refractivity contribution in [1.82, 2.24) is 15.2 Å². The third-order valence-corrected chi connectivity index (χ3v) is 3.84. The summed E-state index contributed by atoms with van der Waals surface area (Å²) in [5.41, 5.74) is 0.806. The van der Waals surface area contributed by atoms with E-state index in [1.165, 1.54) is 42.9 Å². The summed E-state index contributed by atoms with van der Waals surface area (Å²) in [5.74, 6) is -0.608. The van der Waals surface area contributed by atoms with E-state index in [0.29, 0.717) is 10.9 Å². The van der Waals surface area contributed by atoms with Crippen LogP contribution in [0.3, 0.4) is 0 Å². The van der Waals surface area contributed by atoms with E-state index in [0.717, 1.165) is 0 Å². The molecule has 9 heteroatoms. The second kappa shape index (κ2) is 5.20. The van der Waals surface area contributed by atoms with Crippen LogP contribution in [0.4, 0.5) is 0 Å². The van der Waals surface area contributed by atoms with Gasteiger partial charge in [-0.25, -0.2) is 18.4 Å². The van der Waals surface area contributed by atoms with Gasteiger partial charge < -0.3 is 4.74 Å². The third kappa shape index (κ3) is 2.67. The predicted molar refractivity (Wildman–Crippen MR) is 76.7 cm³/mol. The molecular weight excluding hydrogens is 308 g/mol. The van der Waals surface area contributed by atoms with E-state index in [-0.39, 0.29) is 16.2 Å². The molecule has 0 fully saturated rings. The topological polar surface area (TPSA) is 128 Å². The highest BCUT2D eigenvalue weighted by Gasteiger charge is 2.15. The van der Waals surface area contributed by atoms with Crippen LogP contribution in [0, 0.1) is 0 Å². The molecule has 0 amide bonds. The van der Waals surface area contributed by atoms with Crippen molar-refractivity contribution >= 4 is 26.9 Å². The van der Waals surface area contributed by atoms with Crippen molar-refractivity contribution in [2.75, 3.05) is 0 Å². The van der Waals surface area contributed by atoms with Crippen LogP contribution in [0.1, 0.15) is 10.4 Å². The van der Waals surface area contributed by atoms with E-state index in [4.69, 9.17) is 9.88 Å². The highest BCUT2D eigenvalue weighted by atomic mass is 32.2. The number of nitrogens with zero attached hydrogens (tertiary/aromatic N) is 2. The minimum absolute atomic E-state index is 0.0667. The SMILES string of the molecule is NS(=O)(=O)c1cccc(OC(=O)c2cncc3[nH]ncc23)c1. The summed E-state index contributed by atoms with van der Waals surface area (Å²) >= 11 is 0. The van der Waals surface area contributed by atoms with Crippen LogP contribution >= 0.6 is 0 Å². The van der Waals surface area contributed by atoms with Gasteiger partial charge in [0.2, 0.25) is 10.0 Å². The molecule has 0 radical (unpaired) electrons. The minimum atomic E-state index is -3.87. The van der Waals surface area contributed by atoms with Crippen LogP contribution in [-0.2, 0) is 10.0 Å². The Morgan fingerprint density at radius 2 is 2.05 bits per heavy atom. The van der Waals surface area contributed by atoms with Crippen LogP contribution in [0.25, 0.3) is 10.9 Å². The highest BCUT2D eigenvalue weighted by molar-refractivity contribution is 7.89. The Morgan fingerprint density at radius 3 is 2.82 bits per heavy atom. The van der Waals surface area contributed by atoms with Gasteiger partial charge in [0.05, 0.1) is 28.4 Å². The molecule has 0 saturated heterocycles. The van der Waals surface area contributed by atoms with Crippen LogP contribution in [0.2, 0.25) is 0 Å². The first-order chi connectivity index (χ1) is 10.4. The molecule has 1 aromatic carbocycles. The number of pyridine rings is 1. The smallest absolute Gasteiger partial charge is 0.345 e. The number of carbonyl (C=O) groups excluding carboxylic acids is 1. The quantitative estimate of drug-likeness (QED) is 0.543. The van der Waals surface area contributed by atoms with Gasteiger partial charge in [-0.1, -0.05) is 6.07 Å². The number of aromatic amines is 1. The van der Waals surface area contributed by atoms with E-state index < -0.39 is 16.0 Å². The molecule has 3 rings (SSSR count). The highest BCUT2D eigenvalue weighted by Crippen LogP contribution is 2.20. The average molecular weight is 318 g/mol. The zero-order chi connectivity index (χ0) is 15.7. The molecule has 0 unspecified atom stereocenters. The zero-order valence-corrected chi connectivity index (χ0v) is 11.9. The molecule has 0 aliphatic heterocycles. The van der Waals surface area contributed by atoms with Gasteiger partial charge in [-0.2, -0.15) is 5.10 Å². The van der Waals surface area contributed by atoms with Gasteiger partial charge in [0.1, 0.15) is 5.75 Å². The van der Waals surface area contributed by atoms with Crippen molar-refractivity contribution in [3.05, 3.63) is 48.4 Å². The monoisotopic (exact) mass is 318 g/mol. The van der Waals surface area contributed by atoms with Gasteiger partial charge >= 0.3 is 5.97 Å². The molecule has 2 heterocycles. The number of sulfonamides is 1. The van der Waals surface area contributed by atoms with E-state index in [9.17, 15) is 13.2 Å². The fourth-order valence-electron chi connectivity index (χ4n) is 1.90. The average Bonchev–Trinajstić information content (AvgIpc) is 2.94. The molecule has 2 aromatic heterocycles. The number of carbonyl (C=O) groups is 1. The summed E-state index contributed by atoms with van der Waals surface area (Å²) in [6.07, 6.45) is 4.36. The Morgan fingerprint density at radius 1 is 1.23 bits per heavy atom. The molecule has 0 saturated carbocycles. The maximum Gasteiger partial charge on any atom is 0.345 e. The number of aromatic nitrogens is 3. The number of nitrogens with two attached hydrogens (primary N) is 1. The molecule has 0 spiro atoms. The number of nitrogens with one attached hydrogen (secondary N) is 1. The second-order valence-corrected chi connectivity index (χ2v) is 5.99. The number of H-pyrrole nitrogens is 1. The van der Waals surface area contributed by atoms with E-state index in [1.54, 1.807) is 0 Å². The van der Waals surface area contributed by atoms with Crippen LogP contribution in [-0.4, -0.2) is 29.6 Å². The van der Waals surface area contributed by atoms with Crippen molar-refractivity contribution in [2.45, 2.75) is 4.90 Å². The first kappa shape index (κ1) is 14.2. The molecule has 22 heavy (non-hydrogen) atoms. The van der Waals surface area contributed by atoms with Crippen molar-refractivity contribution in [2.24, 2.45) is 5.14 Å². The van der Waals surface area contributed by atoms with Crippen LogP contribution < -0.4 is 9.88 Å². The van der Waals surface area contributed by atoms with Crippen molar-refractivity contribution in [3.8, 4) is 5.75 Å². The molecule has 3 aromatic rings. The van der Waals surface area contributed by atoms with Crippen molar-refractivity contribution in [3.63, 3.8) is 0 Å². The predicted octanol–water partition coefficient (Wildman–Crippen LogP) is 0.824. The number of benzene rings is 1. The number of rotatable bonds is 3. The Bertz CT molecular complexity index is 965. The fourth-order valence-corrected chi connectivity index (χ4v) is 2.45. The molecule has 0 atom stereocenters. The Hall–Kier alpha value is -2.78. The molecule has 0 aliphatic carbocycles. The zero-order valence-electron chi connectivity index (χ0n) is 11.1. The van der Waals surface area contributed by atoms with Gasteiger partial charge in [0, 0.05) is 17.6 Å². The lowest BCUT2D eigenvalue weighted by molar-refractivity contribution is 0.0736. The number of ether oxygens (including phenoxy) is 1. The molecule has 0 aliphatic rings. The Balaban J connectivity index is 1.93. The second-order valence-electron chi connectivity index (χ2n) is 4.43. The van der Waals surface area contributed by atoms with Crippen molar-refractivity contribution < 1.29 is 17.9 Å². The summed E-state index contributed by atoms with van der Waals surface area (Å²) in [4.78, 5) is 16.0. The maximum atomic E-state index is 12.2. The number of fused-ring (bicyclic) bond motifs is 1. The summed E-state index contributed by atoms with van der Waals surface area (Å²) in [6, 6.07) is 5.37. The normalized spacial score (nSPS) is 11.5. The standard InChI is InChI=1S/C13H10N4O4S/c14-22(19,20)9-3-1-2-8(4-9)21-13(18)11-5-15-7-12-10(11)6-16-17-12/h1-7H,(H,16,17)(H2,14,19,20). The van der Waals surface area contributed by atoms with Crippen molar-refractivity contribution in [1.29, 1.82) is 0 Å². The maximum absolute atomic E-state index is 12.2. The number of hydrogen-bond acceptors (Lipinski definition) is 6. The van der Waals surface area contributed by atoms with Crippen LogP contribution in [0.15, 0.2) is 47.8 Å². The van der Waals surface area contributed by atoms with Gasteiger partial charge in [-0.15, -0.1) is 0 Å². The number of primary sulfonamides is 1. The van der Waals surface area contributed by atoms with E-state index >= 15 is 0 Å². The summed E-state index contributed by atoms with van der Waals surface area (Å²) < 4.78 is 27.8. The van der Waals surface area contributed by atoms with Crippen LogP contribution in [0.5, 0.6) is 5.75 Å². The summed E-state index contributed by atoms with van der Waals surface area (Å²) in [7, 11) is -3.87. The Labute approximate surface area is 125 Å². The fraction of sp³-hybridized carbons (Fsp3) is 0. The van der Waals surface area contributed by atoms with E-state index in [1.807, 2.05) is 0 Å². The molecule has 112 valence electrons. The summed E-state index contributed by atoms with van der Waals surface area (Å²) in [6.45, 7) is 0. The number of esters is 1. The third-order valence-electron chi connectivity index (χ3n) is 2.93.